The first-order chi connectivity index (χ1) is 9.54. The highest BCUT2D eigenvalue weighted by Crippen LogP contribution is 2.23. The minimum atomic E-state index is -0.597. The van der Waals surface area contributed by atoms with Gasteiger partial charge in [0.05, 0.1) is 6.61 Å². The second kappa shape index (κ2) is 8.95. The van der Waals surface area contributed by atoms with Crippen LogP contribution in [0.25, 0.3) is 0 Å². The zero-order valence-corrected chi connectivity index (χ0v) is 13.0. The lowest BCUT2D eigenvalue weighted by Crippen LogP contribution is -2.25. The molecule has 0 aliphatic carbocycles. The van der Waals surface area contributed by atoms with Crippen LogP contribution in [-0.2, 0) is 11.3 Å². The third kappa shape index (κ3) is 5.90. The average molecular weight is 281 g/mol. The Bertz CT molecular complexity index is 393. The van der Waals surface area contributed by atoms with Crippen molar-refractivity contribution < 1.29 is 14.6 Å². The Hall–Kier alpha value is -1.10. The summed E-state index contributed by atoms with van der Waals surface area (Å²) >= 11 is 0. The summed E-state index contributed by atoms with van der Waals surface area (Å²) in [5.74, 6) is 0.858. The molecule has 4 heteroatoms. The Morgan fingerprint density at radius 2 is 2.00 bits per heavy atom. The van der Waals surface area contributed by atoms with E-state index in [4.69, 9.17) is 9.47 Å². The SMILES string of the molecule is CCOCC(O)COc1c(C)cccc1CNC(C)C. The van der Waals surface area contributed by atoms with Crippen molar-refractivity contribution in [3.05, 3.63) is 29.3 Å². The standard InChI is InChI=1S/C16H27NO3/c1-5-19-10-15(18)11-20-16-13(4)7-6-8-14(16)9-17-12(2)3/h6-8,12,15,17-18H,5,9-11H2,1-4H3. The molecule has 0 spiro atoms. The number of hydrogen-bond acceptors (Lipinski definition) is 4. The van der Waals surface area contributed by atoms with E-state index in [9.17, 15) is 5.11 Å². The molecule has 1 atom stereocenters. The highest BCUT2D eigenvalue weighted by molar-refractivity contribution is 5.40. The fraction of sp³-hybridized carbons (Fsp3) is 0.625. The number of rotatable bonds is 9. The van der Waals surface area contributed by atoms with Crippen molar-refractivity contribution in [1.82, 2.24) is 5.32 Å². The molecule has 1 unspecified atom stereocenters. The number of aliphatic hydroxyl groups is 1. The Balaban J connectivity index is 2.62. The number of para-hydroxylation sites is 1. The number of ether oxygens (including phenoxy) is 2. The van der Waals surface area contributed by atoms with Crippen LogP contribution in [0.15, 0.2) is 18.2 Å². The highest BCUT2D eigenvalue weighted by Gasteiger charge is 2.10. The van der Waals surface area contributed by atoms with Crippen LogP contribution in [0.4, 0.5) is 0 Å². The molecule has 0 heterocycles. The van der Waals surface area contributed by atoms with Crippen LogP contribution in [0.1, 0.15) is 31.9 Å². The smallest absolute Gasteiger partial charge is 0.126 e. The van der Waals surface area contributed by atoms with Gasteiger partial charge in [0, 0.05) is 24.8 Å². The molecule has 1 rings (SSSR count). The van der Waals surface area contributed by atoms with Gasteiger partial charge in [0.15, 0.2) is 0 Å². The molecule has 0 aromatic heterocycles. The predicted molar refractivity (Wildman–Crippen MR) is 81.1 cm³/mol. The predicted octanol–water partition coefficient (Wildman–Crippen LogP) is 2.27. The van der Waals surface area contributed by atoms with E-state index < -0.39 is 6.10 Å². The summed E-state index contributed by atoms with van der Waals surface area (Å²) in [7, 11) is 0. The number of benzene rings is 1. The summed E-state index contributed by atoms with van der Waals surface area (Å²) in [6.45, 7) is 10.1. The molecule has 0 amide bonds. The third-order valence-electron chi connectivity index (χ3n) is 2.93. The lowest BCUT2D eigenvalue weighted by Gasteiger charge is -2.18. The molecule has 0 radical (unpaired) electrons. The van der Waals surface area contributed by atoms with Crippen LogP contribution >= 0.6 is 0 Å². The van der Waals surface area contributed by atoms with Gasteiger partial charge >= 0.3 is 0 Å². The van der Waals surface area contributed by atoms with E-state index in [0.717, 1.165) is 23.4 Å². The molecule has 2 N–H and O–H groups in total. The summed E-state index contributed by atoms with van der Waals surface area (Å²) in [5.41, 5.74) is 2.19. The third-order valence-corrected chi connectivity index (χ3v) is 2.93. The van der Waals surface area contributed by atoms with Crippen LogP contribution in [0.5, 0.6) is 5.75 Å². The van der Waals surface area contributed by atoms with Crippen molar-refractivity contribution in [2.24, 2.45) is 0 Å². The van der Waals surface area contributed by atoms with Gasteiger partial charge in [-0.3, -0.25) is 0 Å². The van der Waals surface area contributed by atoms with Crippen molar-refractivity contribution >= 4 is 0 Å². The summed E-state index contributed by atoms with van der Waals surface area (Å²) in [4.78, 5) is 0. The lowest BCUT2D eigenvalue weighted by molar-refractivity contribution is 0.0161. The Kier molecular flexibility index (Phi) is 7.59. The van der Waals surface area contributed by atoms with Crippen molar-refractivity contribution in [2.45, 2.75) is 46.4 Å². The van der Waals surface area contributed by atoms with Crippen LogP contribution in [0.3, 0.4) is 0 Å². The summed E-state index contributed by atoms with van der Waals surface area (Å²) in [6, 6.07) is 6.51. The maximum absolute atomic E-state index is 9.78. The molecular formula is C16H27NO3. The van der Waals surface area contributed by atoms with Gasteiger partial charge < -0.3 is 19.9 Å². The maximum atomic E-state index is 9.78. The second-order valence-corrected chi connectivity index (χ2v) is 5.22. The van der Waals surface area contributed by atoms with Crippen LogP contribution in [0.2, 0.25) is 0 Å². The van der Waals surface area contributed by atoms with Crippen LogP contribution < -0.4 is 10.1 Å². The zero-order chi connectivity index (χ0) is 15.0. The molecule has 20 heavy (non-hydrogen) atoms. The van der Waals surface area contributed by atoms with Crippen molar-refractivity contribution in [3.8, 4) is 5.75 Å². The monoisotopic (exact) mass is 281 g/mol. The summed E-state index contributed by atoms with van der Waals surface area (Å²) in [6.07, 6.45) is -0.597. The van der Waals surface area contributed by atoms with E-state index in [1.807, 2.05) is 32.0 Å². The van der Waals surface area contributed by atoms with Crippen molar-refractivity contribution in [2.75, 3.05) is 19.8 Å². The molecule has 0 fully saturated rings. The first-order valence-corrected chi connectivity index (χ1v) is 7.25. The van der Waals surface area contributed by atoms with E-state index in [-0.39, 0.29) is 6.61 Å². The number of nitrogens with one attached hydrogen (secondary N) is 1. The number of aliphatic hydroxyl groups excluding tert-OH is 1. The first kappa shape index (κ1) is 17.0. The van der Waals surface area contributed by atoms with Gasteiger partial charge in [-0.25, -0.2) is 0 Å². The van der Waals surface area contributed by atoms with Gasteiger partial charge in [-0.1, -0.05) is 32.0 Å². The minimum absolute atomic E-state index is 0.250. The van der Waals surface area contributed by atoms with E-state index in [0.29, 0.717) is 19.3 Å². The molecule has 1 aromatic carbocycles. The number of aryl methyl sites for hydroxylation is 1. The molecule has 0 aliphatic heterocycles. The first-order valence-electron chi connectivity index (χ1n) is 7.25. The zero-order valence-electron chi connectivity index (χ0n) is 13.0. The molecular weight excluding hydrogens is 254 g/mol. The second-order valence-electron chi connectivity index (χ2n) is 5.22. The Morgan fingerprint density at radius 1 is 1.25 bits per heavy atom. The summed E-state index contributed by atoms with van der Waals surface area (Å²) < 4.78 is 11.0. The van der Waals surface area contributed by atoms with Gasteiger partial charge in [0.25, 0.3) is 0 Å². The van der Waals surface area contributed by atoms with Crippen molar-refractivity contribution in [3.63, 3.8) is 0 Å². The minimum Gasteiger partial charge on any atom is -0.490 e. The molecule has 0 saturated carbocycles. The van der Waals surface area contributed by atoms with Crippen LogP contribution in [-0.4, -0.2) is 37.1 Å². The largest absolute Gasteiger partial charge is 0.490 e. The van der Waals surface area contributed by atoms with Crippen LogP contribution in [0, 0.1) is 6.92 Å². The highest BCUT2D eigenvalue weighted by atomic mass is 16.5. The van der Waals surface area contributed by atoms with Crippen molar-refractivity contribution in [1.29, 1.82) is 0 Å². The van der Waals surface area contributed by atoms with Gasteiger partial charge in [0.1, 0.15) is 18.5 Å². The average Bonchev–Trinajstić information content (AvgIpc) is 2.41. The fourth-order valence-corrected chi connectivity index (χ4v) is 1.85. The van der Waals surface area contributed by atoms with Gasteiger partial charge in [-0.2, -0.15) is 0 Å². The molecule has 0 saturated heterocycles. The van der Waals surface area contributed by atoms with Gasteiger partial charge in [-0.05, 0) is 19.4 Å². The van der Waals surface area contributed by atoms with Gasteiger partial charge in [-0.15, -0.1) is 0 Å². The van der Waals surface area contributed by atoms with E-state index >= 15 is 0 Å². The lowest BCUT2D eigenvalue weighted by atomic mass is 10.1. The van der Waals surface area contributed by atoms with Gasteiger partial charge in [0.2, 0.25) is 0 Å². The summed E-state index contributed by atoms with van der Waals surface area (Å²) in [5, 5.41) is 13.2. The number of hydrogen-bond donors (Lipinski definition) is 2. The fourth-order valence-electron chi connectivity index (χ4n) is 1.85. The quantitative estimate of drug-likeness (QED) is 0.729. The Labute approximate surface area is 122 Å². The Morgan fingerprint density at radius 3 is 2.65 bits per heavy atom. The molecule has 1 aromatic rings. The van der Waals surface area contributed by atoms with E-state index in [1.165, 1.54) is 0 Å². The molecule has 4 nitrogen and oxygen atoms in total. The van der Waals surface area contributed by atoms with E-state index in [1.54, 1.807) is 0 Å². The molecule has 0 aliphatic rings. The van der Waals surface area contributed by atoms with E-state index in [2.05, 4.69) is 19.2 Å². The molecule has 0 bridgehead atoms. The normalized spacial score (nSPS) is 12.7. The maximum Gasteiger partial charge on any atom is 0.126 e. The molecule has 114 valence electrons. The topological polar surface area (TPSA) is 50.7 Å².